The van der Waals surface area contributed by atoms with Crippen molar-refractivity contribution >= 4 is 29.2 Å². The van der Waals surface area contributed by atoms with Crippen molar-refractivity contribution in [1.29, 1.82) is 0 Å². The number of rotatable bonds is 5. The molecule has 4 unspecified atom stereocenters. The van der Waals surface area contributed by atoms with Crippen molar-refractivity contribution < 1.29 is 4.79 Å². The van der Waals surface area contributed by atoms with E-state index >= 15 is 0 Å². The van der Waals surface area contributed by atoms with Gasteiger partial charge in [0, 0.05) is 29.3 Å². The molecule has 4 atom stereocenters. The van der Waals surface area contributed by atoms with Gasteiger partial charge in [-0.2, -0.15) is 0 Å². The number of nitrogens with zero attached hydrogens (tertiary/aromatic N) is 1. The molecule has 0 aromatic heterocycles. The van der Waals surface area contributed by atoms with Gasteiger partial charge in [-0.1, -0.05) is 66.9 Å². The number of carbonyl (C=O) groups is 1. The minimum atomic E-state index is 0.00604. The first kappa shape index (κ1) is 23.2. The van der Waals surface area contributed by atoms with E-state index in [-0.39, 0.29) is 6.03 Å². The second-order valence-electron chi connectivity index (χ2n) is 9.26. The molecule has 2 aromatic carbocycles. The average Bonchev–Trinajstić information content (AvgIpc) is 3.21. The molecule has 32 heavy (non-hydrogen) atoms. The first-order chi connectivity index (χ1) is 15.5. The summed E-state index contributed by atoms with van der Waals surface area (Å²) in [5.74, 6) is 1.54. The van der Waals surface area contributed by atoms with Gasteiger partial charge >= 0.3 is 6.03 Å². The molecule has 0 spiro atoms. The van der Waals surface area contributed by atoms with Gasteiger partial charge < -0.3 is 10.2 Å². The molecule has 1 aliphatic carbocycles. The largest absolute Gasteiger partial charge is 0.324 e. The summed E-state index contributed by atoms with van der Waals surface area (Å²) in [6, 6.07) is 14.7. The molecule has 3 nitrogen and oxygen atoms in total. The van der Waals surface area contributed by atoms with Gasteiger partial charge in [0.1, 0.15) is 0 Å². The van der Waals surface area contributed by atoms with Crippen molar-refractivity contribution in [3.63, 3.8) is 0 Å². The summed E-state index contributed by atoms with van der Waals surface area (Å²) < 4.78 is 0. The normalized spacial score (nSPS) is 25.2. The maximum Gasteiger partial charge on any atom is 0.321 e. The Morgan fingerprint density at radius 3 is 2.62 bits per heavy atom. The van der Waals surface area contributed by atoms with Crippen LogP contribution in [0.25, 0.3) is 0 Å². The fraction of sp³-hybridized carbons (Fsp3) is 0.444. The molecule has 4 rings (SSSR count). The van der Waals surface area contributed by atoms with Crippen molar-refractivity contribution in [3.05, 3.63) is 81.5 Å². The van der Waals surface area contributed by atoms with E-state index in [2.05, 4.69) is 49.5 Å². The first-order valence-corrected chi connectivity index (χ1v) is 12.5. The number of unbranched alkanes of at least 4 members (excludes halogenated alkanes) is 1. The zero-order valence-electron chi connectivity index (χ0n) is 18.9. The van der Waals surface area contributed by atoms with Crippen LogP contribution in [0.3, 0.4) is 0 Å². The Bertz CT molecular complexity index is 972. The average molecular weight is 471 g/mol. The van der Waals surface area contributed by atoms with Crippen LogP contribution in [-0.4, -0.2) is 24.0 Å². The van der Waals surface area contributed by atoms with Gasteiger partial charge in [-0.15, -0.1) is 0 Å². The molecule has 0 radical (unpaired) electrons. The number of carbonyl (C=O) groups excluding carboxylic acids is 1. The quantitative estimate of drug-likeness (QED) is 0.480. The smallest absolute Gasteiger partial charge is 0.321 e. The molecule has 2 aliphatic rings. The van der Waals surface area contributed by atoms with E-state index < -0.39 is 0 Å². The van der Waals surface area contributed by atoms with Crippen molar-refractivity contribution in [2.45, 2.75) is 51.4 Å². The number of nitrogens with one attached hydrogen (secondary N) is 1. The van der Waals surface area contributed by atoms with Crippen LogP contribution in [0, 0.1) is 18.8 Å². The topological polar surface area (TPSA) is 32.3 Å². The van der Waals surface area contributed by atoms with E-state index in [1.807, 2.05) is 23.1 Å². The molecular weight excluding hydrogens is 439 g/mol. The lowest BCUT2D eigenvalue weighted by Crippen LogP contribution is -2.36. The van der Waals surface area contributed by atoms with Gasteiger partial charge in [0.15, 0.2) is 0 Å². The third-order valence-corrected chi connectivity index (χ3v) is 7.69. The molecule has 2 amide bonds. The maximum atomic E-state index is 12.8. The predicted molar refractivity (Wildman–Crippen MR) is 133 cm³/mol. The number of halogens is 2. The van der Waals surface area contributed by atoms with Gasteiger partial charge in [0.25, 0.3) is 0 Å². The highest BCUT2D eigenvalue weighted by molar-refractivity contribution is 6.31. The fourth-order valence-corrected chi connectivity index (χ4v) is 6.07. The Labute approximate surface area is 201 Å². The summed E-state index contributed by atoms with van der Waals surface area (Å²) in [5.41, 5.74) is 3.69. The highest BCUT2D eigenvalue weighted by atomic mass is 35.5. The SMILES string of the molecule is CCC/C=C/NC(=O)N1CC2CCC(c3ccc(C)cc3Cl)C(c3ccc(Cl)cc3)C2C1. The molecular formula is C27H32Cl2N2O. The lowest BCUT2D eigenvalue weighted by atomic mass is 9.63. The summed E-state index contributed by atoms with van der Waals surface area (Å²) in [6.07, 6.45) is 8.05. The summed E-state index contributed by atoms with van der Waals surface area (Å²) in [6.45, 7) is 5.79. The third kappa shape index (κ3) is 5.00. The van der Waals surface area contributed by atoms with Crippen LogP contribution in [0.1, 0.15) is 61.1 Å². The minimum Gasteiger partial charge on any atom is -0.324 e. The Hall–Kier alpha value is -1.97. The van der Waals surface area contributed by atoms with Crippen LogP contribution in [0.5, 0.6) is 0 Å². The highest BCUT2D eigenvalue weighted by Crippen LogP contribution is 2.53. The van der Waals surface area contributed by atoms with E-state index in [0.29, 0.717) is 23.7 Å². The summed E-state index contributed by atoms with van der Waals surface area (Å²) in [7, 11) is 0. The van der Waals surface area contributed by atoms with Crippen LogP contribution in [0.2, 0.25) is 10.0 Å². The van der Waals surface area contributed by atoms with E-state index in [0.717, 1.165) is 48.8 Å². The molecule has 1 N–H and O–H groups in total. The molecule has 2 aromatic rings. The third-order valence-electron chi connectivity index (χ3n) is 7.11. The Morgan fingerprint density at radius 2 is 1.91 bits per heavy atom. The van der Waals surface area contributed by atoms with E-state index in [9.17, 15) is 4.79 Å². The Morgan fingerprint density at radius 1 is 1.12 bits per heavy atom. The number of benzene rings is 2. The molecule has 1 saturated heterocycles. The molecule has 1 heterocycles. The van der Waals surface area contributed by atoms with Crippen molar-refractivity contribution in [2.75, 3.05) is 13.1 Å². The first-order valence-electron chi connectivity index (χ1n) is 11.7. The number of allylic oxidation sites excluding steroid dienone is 1. The van der Waals surface area contributed by atoms with Gasteiger partial charge in [-0.05, 0) is 84.7 Å². The summed E-state index contributed by atoms with van der Waals surface area (Å²) >= 11 is 12.9. The predicted octanol–water partition coefficient (Wildman–Crippen LogP) is 7.53. The lowest BCUT2D eigenvalue weighted by molar-refractivity contribution is 0.209. The summed E-state index contributed by atoms with van der Waals surface area (Å²) in [5, 5.41) is 4.55. The van der Waals surface area contributed by atoms with Crippen molar-refractivity contribution in [1.82, 2.24) is 10.2 Å². The highest BCUT2D eigenvalue weighted by Gasteiger charge is 2.46. The number of hydrogen-bond donors (Lipinski definition) is 1. The fourth-order valence-electron chi connectivity index (χ4n) is 5.56. The summed E-state index contributed by atoms with van der Waals surface area (Å²) in [4.78, 5) is 14.8. The molecule has 1 saturated carbocycles. The number of urea groups is 1. The van der Waals surface area contributed by atoms with Gasteiger partial charge in [0.05, 0.1) is 0 Å². The number of fused-ring (bicyclic) bond motifs is 1. The van der Waals surface area contributed by atoms with Crippen LogP contribution < -0.4 is 5.32 Å². The lowest BCUT2D eigenvalue weighted by Gasteiger charge is -2.40. The molecule has 170 valence electrons. The zero-order chi connectivity index (χ0) is 22.7. The molecule has 5 heteroatoms. The number of amides is 2. The number of hydrogen-bond acceptors (Lipinski definition) is 1. The van der Waals surface area contributed by atoms with Crippen LogP contribution in [0.15, 0.2) is 54.7 Å². The molecule has 2 fully saturated rings. The Balaban J connectivity index is 1.61. The van der Waals surface area contributed by atoms with Gasteiger partial charge in [0.2, 0.25) is 0 Å². The van der Waals surface area contributed by atoms with E-state index in [1.165, 1.54) is 16.7 Å². The minimum absolute atomic E-state index is 0.00604. The number of likely N-dealkylation sites (tertiary alicyclic amines) is 1. The Kier molecular flexibility index (Phi) is 7.48. The zero-order valence-corrected chi connectivity index (χ0v) is 20.4. The van der Waals surface area contributed by atoms with Crippen molar-refractivity contribution in [2.24, 2.45) is 11.8 Å². The van der Waals surface area contributed by atoms with Crippen LogP contribution >= 0.6 is 23.2 Å². The van der Waals surface area contributed by atoms with Crippen LogP contribution in [-0.2, 0) is 0 Å². The maximum absolute atomic E-state index is 12.8. The molecule has 0 bridgehead atoms. The van der Waals surface area contributed by atoms with E-state index in [4.69, 9.17) is 23.2 Å². The standard InChI is InChI=1S/C27H32Cl2N2O/c1-3-4-5-14-30-27(32)31-16-20-9-13-23(22-12-6-18(2)15-25(22)29)26(24(20)17-31)19-7-10-21(28)11-8-19/h5-8,10-12,14-15,20,23-24,26H,3-4,9,13,16-17H2,1-2H3,(H,30,32)/b14-5+. The van der Waals surface area contributed by atoms with Gasteiger partial charge in [-0.25, -0.2) is 4.79 Å². The monoisotopic (exact) mass is 470 g/mol. The van der Waals surface area contributed by atoms with Crippen molar-refractivity contribution in [3.8, 4) is 0 Å². The second-order valence-corrected chi connectivity index (χ2v) is 10.1. The van der Waals surface area contributed by atoms with Crippen LogP contribution in [0.4, 0.5) is 4.79 Å². The van der Waals surface area contributed by atoms with E-state index in [1.54, 1.807) is 6.20 Å². The number of aryl methyl sites for hydroxylation is 1. The second kappa shape index (κ2) is 10.3. The molecule has 1 aliphatic heterocycles. The van der Waals surface area contributed by atoms with Gasteiger partial charge in [-0.3, -0.25) is 0 Å².